The van der Waals surface area contributed by atoms with Gasteiger partial charge in [-0.3, -0.25) is 0 Å². The Kier molecular flexibility index (Phi) is 5.37. The van der Waals surface area contributed by atoms with Crippen molar-refractivity contribution in [2.75, 3.05) is 13.2 Å². The number of hydrogen-bond donors (Lipinski definition) is 0. The third-order valence-corrected chi connectivity index (χ3v) is 7.28. The van der Waals surface area contributed by atoms with Gasteiger partial charge in [-0.25, -0.2) is 4.98 Å². The molecule has 3 heterocycles. The van der Waals surface area contributed by atoms with Crippen LogP contribution in [-0.4, -0.2) is 18.2 Å². The first-order valence-corrected chi connectivity index (χ1v) is 11.5. The highest BCUT2D eigenvalue weighted by Gasteiger charge is 2.22. The first-order chi connectivity index (χ1) is 14.8. The zero-order chi connectivity index (χ0) is 20.1. The van der Waals surface area contributed by atoms with Crippen LogP contribution in [0, 0.1) is 6.92 Å². The van der Waals surface area contributed by atoms with Gasteiger partial charge < -0.3 is 9.47 Å². The van der Waals surface area contributed by atoms with Crippen molar-refractivity contribution >= 4 is 34.0 Å². The summed E-state index contributed by atoms with van der Waals surface area (Å²) in [5, 5.41) is 1.36. The monoisotopic (exact) mass is 449 g/mol. The van der Waals surface area contributed by atoms with Crippen molar-refractivity contribution in [3.63, 3.8) is 0 Å². The number of aryl methyl sites for hydroxylation is 3. The molecule has 6 rings (SSSR count). The zero-order valence-electron chi connectivity index (χ0n) is 17.4. The van der Waals surface area contributed by atoms with Crippen molar-refractivity contribution in [3.8, 4) is 33.9 Å². The van der Waals surface area contributed by atoms with Gasteiger partial charge in [0.25, 0.3) is 0 Å². The molecule has 3 nitrogen and oxygen atoms in total. The maximum absolute atomic E-state index is 5.82. The van der Waals surface area contributed by atoms with E-state index < -0.39 is 0 Å². The van der Waals surface area contributed by atoms with Crippen LogP contribution in [0.25, 0.3) is 32.6 Å². The van der Waals surface area contributed by atoms with Crippen LogP contribution in [-0.2, 0) is 12.8 Å². The van der Waals surface area contributed by atoms with Crippen molar-refractivity contribution in [3.05, 3.63) is 64.5 Å². The van der Waals surface area contributed by atoms with E-state index >= 15 is 0 Å². The van der Waals surface area contributed by atoms with E-state index in [2.05, 4.69) is 49.4 Å². The van der Waals surface area contributed by atoms with Crippen molar-refractivity contribution in [2.45, 2.75) is 32.6 Å². The fraction of sp³-hybridized carbons (Fsp3) is 0.269. The minimum Gasteiger partial charge on any atom is -0.486 e. The zero-order valence-corrected chi connectivity index (χ0v) is 19.1. The topological polar surface area (TPSA) is 31.4 Å². The standard InChI is InChI=1S/C26H23NO2S.ClH/c1-16-5-4-6-17(13-16)20-15-21(18-9-10-22-23(14-18)29-12-11-28-22)27-26-25(20)19-7-2-3-8-24(19)30-26;/h4-6,9-10,13-15H,2-3,7-8,11-12H2,1H3;1H. The molecule has 0 saturated heterocycles. The summed E-state index contributed by atoms with van der Waals surface area (Å²) in [6.07, 6.45) is 4.91. The van der Waals surface area contributed by atoms with Crippen LogP contribution in [0.2, 0.25) is 0 Å². The minimum absolute atomic E-state index is 0. The van der Waals surface area contributed by atoms with Gasteiger partial charge in [-0.05, 0) is 73.6 Å². The Morgan fingerprint density at radius 1 is 0.871 bits per heavy atom. The number of nitrogens with zero attached hydrogens (tertiary/aromatic N) is 1. The summed E-state index contributed by atoms with van der Waals surface area (Å²) < 4.78 is 11.5. The van der Waals surface area contributed by atoms with Crippen molar-refractivity contribution in [2.24, 2.45) is 0 Å². The van der Waals surface area contributed by atoms with Crippen LogP contribution in [0.3, 0.4) is 0 Å². The van der Waals surface area contributed by atoms with Gasteiger partial charge in [-0.1, -0.05) is 29.8 Å². The molecule has 31 heavy (non-hydrogen) atoms. The minimum atomic E-state index is 0. The molecular formula is C26H24ClNO2S. The molecular weight excluding hydrogens is 426 g/mol. The third-order valence-electron chi connectivity index (χ3n) is 6.09. The van der Waals surface area contributed by atoms with Crippen LogP contribution in [0.15, 0.2) is 48.5 Å². The Morgan fingerprint density at radius 3 is 2.58 bits per heavy atom. The highest BCUT2D eigenvalue weighted by molar-refractivity contribution is 7.19. The lowest BCUT2D eigenvalue weighted by molar-refractivity contribution is 0.171. The second kappa shape index (κ2) is 8.18. The van der Waals surface area contributed by atoms with E-state index in [1.807, 2.05) is 17.4 Å². The molecule has 0 radical (unpaired) electrons. The van der Waals surface area contributed by atoms with Crippen LogP contribution < -0.4 is 9.47 Å². The van der Waals surface area contributed by atoms with Gasteiger partial charge in [0, 0.05) is 15.8 Å². The molecule has 0 unspecified atom stereocenters. The van der Waals surface area contributed by atoms with Gasteiger partial charge in [0.05, 0.1) is 5.69 Å². The molecule has 0 atom stereocenters. The molecule has 0 saturated carbocycles. The van der Waals surface area contributed by atoms with Gasteiger partial charge in [0.15, 0.2) is 11.5 Å². The normalized spacial score (nSPS) is 14.7. The molecule has 0 N–H and O–H groups in total. The Labute approximate surface area is 192 Å². The Hall–Kier alpha value is -2.56. The average Bonchev–Trinajstić information content (AvgIpc) is 3.16. The molecule has 2 aromatic heterocycles. The molecule has 2 aromatic carbocycles. The van der Waals surface area contributed by atoms with Gasteiger partial charge in [0.2, 0.25) is 0 Å². The fourth-order valence-corrected chi connectivity index (χ4v) is 5.94. The number of hydrogen-bond acceptors (Lipinski definition) is 4. The summed E-state index contributed by atoms with van der Waals surface area (Å²) in [5.41, 5.74) is 7.44. The van der Waals surface area contributed by atoms with Gasteiger partial charge in [0.1, 0.15) is 18.0 Å². The van der Waals surface area contributed by atoms with Crippen LogP contribution >= 0.6 is 23.7 Å². The number of pyridine rings is 1. The number of thiophene rings is 1. The van der Waals surface area contributed by atoms with E-state index in [0.29, 0.717) is 13.2 Å². The number of halogens is 1. The number of ether oxygens (including phenoxy) is 2. The van der Waals surface area contributed by atoms with Crippen LogP contribution in [0.1, 0.15) is 28.8 Å². The second-order valence-electron chi connectivity index (χ2n) is 8.17. The summed E-state index contributed by atoms with van der Waals surface area (Å²) in [7, 11) is 0. The quantitative estimate of drug-likeness (QED) is 0.329. The molecule has 4 aromatic rings. The predicted octanol–water partition coefficient (Wildman–Crippen LogP) is 7.01. The third kappa shape index (κ3) is 3.58. The molecule has 2 aliphatic rings. The predicted molar refractivity (Wildman–Crippen MR) is 130 cm³/mol. The first-order valence-electron chi connectivity index (χ1n) is 10.7. The summed E-state index contributed by atoms with van der Waals surface area (Å²) in [6, 6.07) is 17.3. The average molecular weight is 450 g/mol. The summed E-state index contributed by atoms with van der Waals surface area (Å²) in [4.78, 5) is 7.81. The molecule has 0 amide bonds. The number of fused-ring (bicyclic) bond motifs is 4. The molecule has 1 aliphatic carbocycles. The van der Waals surface area contributed by atoms with Gasteiger partial charge >= 0.3 is 0 Å². The lowest BCUT2D eigenvalue weighted by Crippen LogP contribution is -2.15. The number of benzene rings is 2. The van der Waals surface area contributed by atoms with E-state index in [9.17, 15) is 0 Å². The van der Waals surface area contributed by atoms with E-state index in [-0.39, 0.29) is 12.4 Å². The fourth-order valence-electron chi connectivity index (χ4n) is 4.65. The number of aromatic nitrogens is 1. The summed E-state index contributed by atoms with van der Waals surface area (Å²) in [5.74, 6) is 1.62. The van der Waals surface area contributed by atoms with E-state index in [4.69, 9.17) is 14.5 Å². The van der Waals surface area contributed by atoms with Gasteiger partial charge in [-0.15, -0.1) is 23.7 Å². The lowest BCUT2D eigenvalue weighted by atomic mass is 9.91. The van der Waals surface area contributed by atoms with E-state index in [1.165, 1.54) is 58.2 Å². The van der Waals surface area contributed by atoms with Crippen LogP contribution in [0.5, 0.6) is 11.5 Å². The molecule has 0 spiro atoms. The molecule has 158 valence electrons. The molecule has 0 fully saturated rings. The number of rotatable bonds is 2. The molecule has 0 bridgehead atoms. The van der Waals surface area contributed by atoms with E-state index in [1.54, 1.807) is 0 Å². The Bertz CT molecular complexity index is 1280. The highest BCUT2D eigenvalue weighted by Crippen LogP contribution is 2.43. The smallest absolute Gasteiger partial charge is 0.162 e. The van der Waals surface area contributed by atoms with Crippen molar-refractivity contribution in [1.29, 1.82) is 0 Å². The second-order valence-corrected chi connectivity index (χ2v) is 9.26. The highest BCUT2D eigenvalue weighted by atomic mass is 35.5. The lowest BCUT2D eigenvalue weighted by Gasteiger charge is -2.19. The summed E-state index contributed by atoms with van der Waals surface area (Å²) in [6.45, 7) is 3.36. The summed E-state index contributed by atoms with van der Waals surface area (Å²) >= 11 is 1.88. The Morgan fingerprint density at radius 2 is 1.71 bits per heavy atom. The Balaban J connectivity index is 0.00000204. The SMILES string of the molecule is Cc1cccc(-c2cc(-c3ccc4c(c3)OCCO4)nc3sc4c(c23)CCCC4)c1.Cl. The van der Waals surface area contributed by atoms with Crippen molar-refractivity contribution in [1.82, 2.24) is 4.98 Å². The van der Waals surface area contributed by atoms with E-state index in [0.717, 1.165) is 27.6 Å². The maximum atomic E-state index is 5.82. The van der Waals surface area contributed by atoms with Crippen LogP contribution in [0.4, 0.5) is 0 Å². The maximum Gasteiger partial charge on any atom is 0.162 e. The van der Waals surface area contributed by atoms with Gasteiger partial charge in [-0.2, -0.15) is 0 Å². The molecule has 1 aliphatic heterocycles. The largest absolute Gasteiger partial charge is 0.486 e. The molecule has 5 heteroatoms. The first kappa shape index (κ1) is 20.3. The van der Waals surface area contributed by atoms with Crippen molar-refractivity contribution < 1.29 is 9.47 Å².